The first-order valence-corrected chi connectivity index (χ1v) is 8.32. The van der Waals surface area contributed by atoms with Gasteiger partial charge in [-0.1, -0.05) is 36.4 Å². The van der Waals surface area contributed by atoms with Crippen molar-refractivity contribution >= 4 is 28.4 Å². The number of hydrogen-bond acceptors (Lipinski definition) is 5. The number of nitrogens with zero attached hydrogens (tertiary/aromatic N) is 2. The van der Waals surface area contributed by atoms with E-state index in [1.807, 2.05) is 42.5 Å². The third-order valence-electron chi connectivity index (χ3n) is 4.16. The Morgan fingerprint density at radius 1 is 0.926 bits per heavy atom. The lowest BCUT2D eigenvalue weighted by atomic mass is 10.1. The Morgan fingerprint density at radius 2 is 1.70 bits per heavy atom. The van der Waals surface area contributed by atoms with Gasteiger partial charge in [-0.05, 0) is 35.7 Å². The van der Waals surface area contributed by atoms with E-state index < -0.39 is 4.92 Å². The van der Waals surface area contributed by atoms with Gasteiger partial charge in [0.2, 0.25) is 0 Å². The van der Waals surface area contributed by atoms with Crippen LogP contribution < -0.4 is 5.43 Å². The Labute approximate surface area is 154 Å². The van der Waals surface area contributed by atoms with Crippen molar-refractivity contribution in [1.82, 2.24) is 0 Å². The molecule has 6 nitrogen and oxygen atoms in total. The quantitative estimate of drug-likeness (QED) is 0.292. The van der Waals surface area contributed by atoms with Crippen LogP contribution in [0.2, 0.25) is 0 Å². The number of nitro groups is 1. The number of nitro benzene ring substituents is 1. The number of rotatable bonds is 5. The molecule has 1 aromatic heterocycles. The molecule has 4 aromatic rings. The minimum atomic E-state index is -0.428. The van der Waals surface area contributed by atoms with Gasteiger partial charge in [-0.3, -0.25) is 15.5 Å². The molecular formula is C21H15N3O3. The minimum Gasteiger partial charge on any atom is -0.455 e. The molecule has 0 fully saturated rings. The number of furan rings is 1. The van der Waals surface area contributed by atoms with Crippen molar-refractivity contribution in [3.8, 4) is 11.3 Å². The van der Waals surface area contributed by atoms with E-state index in [1.54, 1.807) is 30.5 Å². The topological polar surface area (TPSA) is 80.7 Å². The van der Waals surface area contributed by atoms with Gasteiger partial charge in [0.15, 0.2) is 0 Å². The van der Waals surface area contributed by atoms with Crippen LogP contribution in [0.3, 0.4) is 0 Å². The zero-order valence-corrected chi connectivity index (χ0v) is 14.2. The second-order valence-electron chi connectivity index (χ2n) is 5.90. The molecule has 0 radical (unpaired) electrons. The molecule has 0 aliphatic carbocycles. The van der Waals surface area contributed by atoms with E-state index in [0.29, 0.717) is 11.5 Å². The number of non-ortho nitro benzene ring substituents is 1. The molecule has 27 heavy (non-hydrogen) atoms. The van der Waals surface area contributed by atoms with Crippen molar-refractivity contribution in [3.05, 3.63) is 94.7 Å². The van der Waals surface area contributed by atoms with E-state index in [4.69, 9.17) is 4.42 Å². The zero-order chi connectivity index (χ0) is 18.6. The van der Waals surface area contributed by atoms with Crippen molar-refractivity contribution in [3.63, 3.8) is 0 Å². The SMILES string of the molecule is O=[N+]([O-])c1ccc(-c2ccc(C=NNc3cccc4ccccc34)o2)cc1. The summed E-state index contributed by atoms with van der Waals surface area (Å²) in [5.41, 5.74) is 4.76. The maximum Gasteiger partial charge on any atom is 0.269 e. The highest BCUT2D eigenvalue weighted by Gasteiger charge is 2.08. The van der Waals surface area contributed by atoms with Gasteiger partial charge in [0.05, 0.1) is 16.8 Å². The molecule has 0 saturated heterocycles. The van der Waals surface area contributed by atoms with Gasteiger partial charge in [-0.15, -0.1) is 0 Å². The first kappa shape index (κ1) is 16.5. The second kappa shape index (κ2) is 7.13. The van der Waals surface area contributed by atoms with Crippen molar-refractivity contribution in [1.29, 1.82) is 0 Å². The van der Waals surface area contributed by atoms with E-state index in [-0.39, 0.29) is 5.69 Å². The molecule has 0 aliphatic heterocycles. The standard InChI is InChI=1S/C21H15N3O3/c25-24(26)17-10-8-16(9-11-17)21-13-12-18(27-21)14-22-23-20-7-3-5-15-4-1-2-6-19(15)20/h1-14,23H. The van der Waals surface area contributed by atoms with Crippen molar-refractivity contribution < 1.29 is 9.34 Å². The average molecular weight is 357 g/mol. The van der Waals surface area contributed by atoms with Crippen LogP contribution in [0.1, 0.15) is 5.76 Å². The zero-order valence-electron chi connectivity index (χ0n) is 14.2. The number of nitrogens with one attached hydrogen (secondary N) is 1. The Kier molecular flexibility index (Phi) is 4.37. The number of anilines is 1. The largest absolute Gasteiger partial charge is 0.455 e. The number of hydrogen-bond donors (Lipinski definition) is 1. The third kappa shape index (κ3) is 3.55. The molecule has 1 N–H and O–H groups in total. The summed E-state index contributed by atoms with van der Waals surface area (Å²) in [4.78, 5) is 10.3. The van der Waals surface area contributed by atoms with Crippen LogP contribution >= 0.6 is 0 Å². The summed E-state index contributed by atoms with van der Waals surface area (Å²) in [6, 6.07) is 23.9. The fourth-order valence-corrected chi connectivity index (χ4v) is 2.81. The van der Waals surface area contributed by atoms with Crippen LogP contribution in [0.5, 0.6) is 0 Å². The Hall–Kier alpha value is -3.93. The molecule has 0 bridgehead atoms. The van der Waals surface area contributed by atoms with E-state index in [2.05, 4.69) is 10.5 Å². The minimum absolute atomic E-state index is 0.0476. The maximum absolute atomic E-state index is 10.7. The first-order chi connectivity index (χ1) is 13.2. The van der Waals surface area contributed by atoms with E-state index in [0.717, 1.165) is 22.0 Å². The normalized spacial score (nSPS) is 11.1. The molecule has 6 heteroatoms. The highest BCUT2D eigenvalue weighted by molar-refractivity contribution is 5.94. The van der Waals surface area contributed by atoms with Crippen molar-refractivity contribution in [2.24, 2.45) is 5.10 Å². The van der Waals surface area contributed by atoms with E-state index in [9.17, 15) is 10.1 Å². The van der Waals surface area contributed by atoms with Crippen LogP contribution in [0, 0.1) is 10.1 Å². The first-order valence-electron chi connectivity index (χ1n) is 8.32. The van der Waals surface area contributed by atoms with Gasteiger partial charge >= 0.3 is 0 Å². The summed E-state index contributed by atoms with van der Waals surface area (Å²) < 4.78 is 5.74. The number of fused-ring (bicyclic) bond motifs is 1. The lowest BCUT2D eigenvalue weighted by Gasteiger charge is -2.04. The van der Waals surface area contributed by atoms with Crippen LogP contribution in [0.25, 0.3) is 22.1 Å². The molecule has 0 amide bonds. The van der Waals surface area contributed by atoms with Gasteiger partial charge in [0, 0.05) is 23.1 Å². The molecule has 132 valence electrons. The summed E-state index contributed by atoms with van der Waals surface area (Å²) in [6.07, 6.45) is 1.59. The summed E-state index contributed by atoms with van der Waals surface area (Å²) in [7, 11) is 0. The molecule has 4 rings (SSSR count). The molecule has 3 aromatic carbocycles. The Bertz CT molecular complexity index is 1130. The van der Waals surface area contributed by atoms with Gasteiger partial charge in [-0.2, -0.15) is 5.10 Å². The molecule has 1 heterocycles. The lowest BCUT2D eigenvalue weighted by Crippen LogP contribution is -1.90. The van der Waals surface area contributed by atoms with E-state index in [1.165, 1.54) is 12.1 Å². The van der Waals surface area contributed by atoms with E-state index >= 15 is 0 Å². The van der Waals surface area contributed by atoms with Gasteiger partial charge in [-0.25, -0.2) is 0 Å². The Balaban J connectivity index is 1.49. The van der Waals surface area contributed by atoms with Gasteiger partial charge in [0.1, 0.15) is 11.5 Å². The molecular weight excluding hydrogens is 342 g/mol. The number of benzene rings is 3. The highest BCUT2D eigenvalue weighted by atomic mass is 16.6. The van der Waals surface area contributed by atoms with Crippen LogP contribution in [0.15, 0.2) is 88.4 Å². The average Bonchev–Trinajstić information content (AvgIpc) is 3.17. The summed E-state index contributed by atoms with van der Waals surface area (Å²) in [6.45, 7) is 0. The molecule has 0 aliphatic rings. The monoisotopic (exact) mass is 357 g/mol. The molecule has 0 unspecified atom stereocenters. The highest BCUT2D eigenvalue weighted by Crippen LogP contribution is 2.25. The second-order valence-corrected chi connectivity index (χ2v) is 5.90. The van der Waals surface area contributed by atoms with Crippen LogP contribution in [0.4, 0.5) is 11.4 Å². The molecule has 0 saturated carbocycles. The molecule has 0 spiro atoms. The van der Waals surface area contributed by atoms with Gasteiger partial charge < -0.3 is 4.42 Å². The summed E-state index contributed by atoms with van der Waals surface area (Å²) in [5.74, 6) is 1.20. The maximum atomic E-state index is 10.7. The van der Waals surface area contributed by atoms with Crippen LogP contribution in [-0.4, -0.2) is 11.1 Å². The fourth-order valence-electron chi connectivity index (χ4n) is 2.81. The fraction of sp³-hybridized carbons (Fsp3) is 0. The van der Waals surface area contributed by atoms with Gasteiger partial charge in [0.25, 0.3) is 5.69 Å². The lowest BCUT2D eigenvalue weighted by molar-refractivity contribution is -0.384. The summed E-state index contributed by atoms with van der Waals surface area (Å²) >= 11 is 0. The van der Waals surface area contributed by atoms with Crippen molar-refractivity contribution in [2.45, 2.75) is 0 Å². The third-order valence-corrected chi connectivity index (χ3v) is 4.16. The number of hydrazone groups is 1. The summed E-state index contributed by atoms with van der Waals surface area (Å²) in [5, 5.41) is 17.2. The predicted octanol–water partition coefficient (Wildman–Crippen LogP) is 5.45. The van der Waals surface area contributed by atoms with Crippen LogP contribution in [-0.2, 0) is 0 Å². The molecule has 0 atom stereocenters. The predicted molar refractivity (Wildman–Crippen MR) is 106 cm³/mol. The van der Waals surface area contributed by atoms with Crippen molar-refractivity contribution in [2.75, 3.05) is 5.43 Å². The smallest absolute Gasteiger partial charge is 0.269 e. The Morgan fingerprint density at radius 3 is 2.52 bits per heavy atom.